The molecule has 3 rings (SSSR count). The summed E-state index contributed by atoms with van der Waals surface area (Å²) in [7, 11) is 0. The molecule has 0 amide bonds. The number of aromatic hydroxyl groups is 1. The summed E-state index contributed by atoms with van der Waals surface area (Å²) in [6.07, 6.45) is 8.01. The fourth-order valence-corrected chi connectivity index (χ4v) is 3.96. The number of hydrogen-bond donors (Lipinski definition) is 3. The highest BCUT2D eigenvalue weighted by molar-refractivity contribution is 14.0. The maximum atomic E-state index is 9.37. The van der Waals surface area contributed by atoms with Gasteiger partial charge in [-0.05, 0) is 50.3 Å². The Balaban J connectivity index is 0.00000243. The minimum Gasteiger partial charge on any atom is -0.508 e. The molecule has 1 saturated carbocycles. The number of hydrogen-bond acceptors (Lipinski definition) is 3. The molecule has 1 aliphatic carbocycles. The van der Waals surface area contributed by atoms with Crippen LogP contribution in [0.2, 0.25) is 0 Å². The van der Waals surface area contributed by atoms with Gasteiger partial charge in [-0.1, -0.05) is 25.0 Å². The maximum Gasteiger partial charge on any atom is 0.191 e. The van der Waals surface area contributed by atoms with Crippen molar-refractivity contribution in [1.29, 1.82) is 0 Å². The molecule has 0 spiro atoms. The third-order valence-corrected chi connectivity index (χ3v) is 5.41. The lowest BCUT2D eigenvalue weighted by Crippen LogP contribution is -2.50. The molecule has 1 aromatic rings. The summed E-state index contributed by atoms with van der Waals surface area (Å²) in [6, 6.07) is 8.62. The quantitative estimate of drug-likeness (QED) is 0.349. The molecule has 2 fully saturated rings. The Kier molecular flexibility index (Phi) is 8.98. The zero-order chi connectivity index (χ0) is 17.5. The molecule has 2 aliphatic rings. The average molecular weight is 472 g/mol. The van der Waals surface area contributed by atoms with Gasteiger partial charge in [0.25, 0.3) is 0 Å². The molecule has 26 heavy (non-hydrogen) atoms. The van der Waals surface area contributed by atoms with Gasteiger partial charge in [0.1, 0.15) is 5.75 Å². The first-order valence-electron chi connectivity index (χ1n) is 9.81. The third kappa shape index (κ3) is 6.30. The molecule has 0 unspecified atom stereocenters. The van der Waals surface area contributed by atoms with E-state index < -0.39 is 0 Å². The number of piperidine rings is 1. The van der Waals surface area contributed by atoms with E-state index in [0.29, 0.717) is 18.3 Å². The minimum absolute atomic E-state index is 0. The standard InChI is InChI=1S/C20H32N4O.HI/c1-2-21-20(22-15-16-7-9-19(25)10-8-16)23-17-11-13-24(14-12-17)18-5-3-4-6-18;/h7-10,17-18,25H,2-6,11-15H2,1H3,(H2,21,22,23);1H. The SMILES string of the molecule is CCNC(=NCc1ccc(O)cc1)NC1CCN(C2CCCC2)CC1.I. The normalized spacial score (nSPS) is 20.0. The predicted molar refractivity (Wildman–Crippen MR) is 118 cm³/mol. The first-order valence-corrected chi connectivity index (χ1v) is 9.81. The van der Waals surface area contributed by atoms with E-state index in [2.05, 4.69) is 22.5 Å². The molecule has 1 aliphatic heterocycles. The van der Waals surface area contributed by atoms with Gasteiger partial charge in [-0.3, -0.25) is 0 Å². The van der Waals surface area contributed by atoms with Gasteiger partial charge < -0.3 is 20.6 Å². The van der Waals surface area contributed by atoms with Crippen LogP contribution in [0.15, 0.2) is 29.3 Å². The van der Waals surface area contributed by atoms with Crippen molar-refractivity contribution in [3.63, 3.8) is 0 Å². The van der Waals surface area contributed by atoms with Gasteiger partial charge in [-0.2, -0.15) is 0 Å². The van der Waals surface area contributed by atoms with Crippen LogP contribution in [0.3, 0.4) is 0 Å². The summed E-state index contributed by atoms with van der Waals surface area (Å²) in [5, 5.41) is 16.3. The van der Waals surface area contributed by atoms with E-state index in [1.54, 1.807) is 12.1 Å². The summed E-state index contributed by atoms with van der Waals surface area (Å²) < 4.78 is 0. The maximum absolute atomic E-state index is 9.37. The number of likely N-dealkylation sites (tertiary alicyclic amines) is 1. The number of nitrogens with one attached hydrogen (secondary N) is 2. The number of benzene rings is 1. The Morgan fingerprint density at radius 3 is 2.38 bits per heavy atom. The number of phenols is 1. The van der Waals surface area contributed by atoms with Crippen molar-refractivity contribution in [1.82, 2.24) is 15.5 Å². The van der Waals surface area contributed by atoms with E-state index in [9.17, 15) is 5.11 Å². The van der Waals surface area contributed by atoms with E-state index in [1.807, 2.05) is 12.1 Å². The van der Waals surface area contributed by atoms with Gasteiger partial charge in [-0.15, -0.1) is 24.0 Å². The second-order valence-electron chi connectivity index (χ2n) is 7.25. The van der Waals surface area contributed by atoms with Crippen molar-refractivity contribution in [3.8, 4) is 5.75 Å². The molecule has 0 bridgehead atoms. The molecule has 1 heterocycles. The Hall–Kier alpha value is -1.02. The summed E-state index contributed by atoms with van der Waals surface area (Å²) >= 11 is 0. The molecule has 146 valence electrons. The summed E-state index contributed by atoms with van der Waals surface area (Å²) in [5.41, 5.74) is 1.10. The number of rotatable bonds is 5. The van der Waals surface area contributed by atoms with Gasteiger partial charge in [0.05, 0.1) is 6.54 Å². The average Bonchev–Trinajstić information content (AvgIpc) is 3.16. The fourth-order valence-electron chi connectivity index (χ4n) is 3.96. The van der Waals surface area contributed by atoms with Crippen molar-refractivity contribution in [3.05, 3.63) is 29.8 Å². The van der Waals surface area contributed by atoms with Crippen LogP contribution in [0.25, 0.3) is 0 Å². The monoisotopic (exact) mass is 472 g/mol. The molecule has 0 atom stereocenters. The second-order valence-corrected chi connectivity index (χ2v) is 7.25. The summed E-state index contributed by atoms with van der Waals surface area (Å²) in [6.45, 7) is 6.00. The molecule has 1 saturated heterocycles. The first-order chi connectivity index (χ1) is 12.2. The summed E-state index contributed by atoms with van der Waals surface area (Å²) in [4.78, 5) is 7.40. The molecular weight excluding hydrogens is 439 g/mol. The highest BCUT2D eigenvalue weighted by Gasteiger charge is 2.27. The van der Waals surface area contributed by atoms with Gasteiger partial charge in [0.15, 0.2) is 5.96 Å². The van der Waals surface area contributed by atoms with E-state index in [-0.39, 0.29) is 24.0 Å². The lowest BCUT2D eigenvalue weighted by molar-refractivity contribution is 0.150. The lowest BCUT2D eigenvalue weighted by Gasteiger charge is -2.36. The van der Waals surface area contributed by atoms with Crippen LogP contribution in [0.1, 0.15) is 51.0 Å². The van der Waals surface area contributed by atoms with Crippen molar-refractivity contribution in [2.75, 3.05) is 19.6 Å². The van der Waals surface area contributed by atoms with Gasteiger partial charge in [0.2, 0.25) is 0 Å². The lowest BCUT2D eigenvalue weighted by atomic mass is 10.0. The van der Waals surface area contributed by atoms with Crippen LogP contribution in [0, 0.1) is 0 Å². The zero-order valence-corrected chi connectivity index (χ0v) is 18.1. The Labute approximate surface area is 174 Å². The zero-order valence-electron chi connectivity index (χ0n) is 15.8. The van der Waals surface area contributed by atoms with Gasteiger partial charge >= 0.3 is 0 Å². The smallest absolute Gasteiger partial charge is 0.191 e. The molecule has 3 N–H and O–H groups in total. The number of guanidine groups is 1. The van der Waals surface area contributed by atoms with Gasteiger partial charge in [0, 0.05) is 31.7 Å². The minimum atomic E-state index is 0. The number of aliphatic imine (C=N–C) groups is 1. The summed E-state index contributed by atoms with van der Waals surface area (Å²) in [5.74, 6) is 1.20. The predicted octanol–water partition coefficient (Wildman–Crippen LogP) is 3.47. The van der Waals surface area contributed by atoms with Crippen molar-refractivity contribution in [2.24, 2.45) is 4.99 Å². The fraction of sp³-hybridized carbons (Fsp3) is 0.650. The molecule has 0 aromatic heterocycles. The molecule has 6 heteroatoms. The largest absolute Gasteiger partial charge is 0.508 e. The van der Waals surface area contributed by atoms with Crippen LogP contribution >= 0.6 is 24.0 Å². The Morgan fingerprint density at radius 2 is 1.77 bits per heavy atom. The van der Waals surface area contributed by atoms with Crippen LogP contribution in [-0.2, 0) is 6.54 Å². The molecular formula is C20H33IN4O. The van der Waals surface area contributed by atoms with Crippen LogP contribution in [-0.4, -0.2) is 47.7 Å². The Morgan fingerprint density at radius 1 is 1.12 bits per heavy atom. The third-order valence-electron chi connectivity index (χ3n) is 5.41. The topological polar surface area (TPSA) is 59.9 Å². The van der Waals surface area contributed by atoms with E-state index in [0.717, 1.165) is 24.1 Å². The molecule has 5 nitrogen and oxygen atoms in total. The van der Waals surface area contributed by atoms with Crippen LogP contribution in [0.4, 0.5) is 0 Å². The Bertz CT molecular complexity index is 549. The van der Waals surface area contributed by atoms with Crippen LogP contribution < -0.4 is 10.6 Å². The van der Waals surface area contributed by atoms with Crippen LogP contribution in [0.5, 0.6) is 5.75 Å². The van der Waals surface area contributed by atoms with Crippen molar-refractivity contribution >= 4 is 29.9 Å². The van der Waals surface area contributed by atoms with Crippen molar-refractivity contribution < 1.29 is 5.11 Å². The van der Waals surface area contributed by atoms with E-state index in [4.69, 9.17) is 4.99 Å². The number of nitrogens with zero attached hydrogens (tertiary/aromatic N) is 2. The van der Waals surface area contributed by atoms with E-state index >= 15 is 0 Å². The number of phenolic OH excluding ortho intramolecular Hbond substituents is 1. The molecule has 1 aromatic carbocycles. The van der Waals surface area contributed by atoms with Gasteiger partial charge in [-0.25, -0.2) is 4.99 Å². The van der Waals surface area contributed by atoms with E-state index in [1.165, 1.54) is 51.6 Å². The first kappa shape index (κ1) is 21.3. The number of halogens is 1. The highest BCUT2D eigenvalue weighted by Crippen LogP contribution is 2.26. The van der Waals surface area contributed by atoms with Crippen molar-refractivity contribution in [2.45, 2.75) is 64.1 Å². The second kappa shape index (κ2) is 11.0. The molecule has 0 radical (unpaired) electrons. The highest BCUT2D eigenvalue weighted by atomic mass is 127.